The molecule has 2 rings (SSSR count). The fourth-order valence-corrected chi connectivity index (χ4v) is 2.27. The molecule has 0 saturated heterocycles. The van der Waals surface area contributed by atoms with Crippen LogP contribution in [0.3, 0.4) is 0 Å². The molecule has 0 atom stereocenters. The smallest absolute Gasteiger partial charge is 0.144 e. The standard InChI is InChI=1S/C13H22N4/c1-9-10(2)17-13(8-15-9)16-7-11-3-5-12(14)6-4-11/h8,11-12H,3-7,14H2,1-2H3,(H,16,17). The maximum atomic E-state index is 5.90. The molecular formula is C13H22N4. The number of anilines is 1. The van der Waals surface area contributed by atoms with Gasteiger partial charge in [0, 0.05) is 12.6 Å². The molecule has 4 heteroatoms. The predicted molar refractivity (Wildman–Crippen MR) is 69.9 cm³/mol. The number of aromatic nitrogens is 2. The average molecular weight is 234 g/mol. The molecule has 1 aromatic rings. The van der Waals surface area contributed by atoms with E-state index >= 15 is 0 Å². The first-order chi connectivity index (χ1) is 8.15. The number of nitrogens with two attached hydrogens (primary N) is 1. The lowest BCUT2D eigenvalue weighted by Crippen LogP contribution is -2.29. The van der Waals surface area contributed by atoms with Crippen LogP contribution in [0.2, 0.25) is 0 Å². The summed E-state index contributed by atoms with van der Waals surface area (Å²) >= 11 is 0. The first-order valence-corrected chi connectivity index (χ1v) is 6.45. The molecule has 1 aromatic heterocycles. The Bertz CT molecular complexity index is 370. The van der Waals surface area contributed by atoms with Crippen LogP contribution in [-0.4, -0.2) is 22.6 Å². The molecule has 0 aliphatic heterocycles. The molecule has 1 saturated carbocycles. The van der Waals surface area contributed by atoms with Crippen molar-refractivity contribution >= 4 is 5.82 Å². The van der Waals surface area contributed by atoms with Gasteiger partial charge >= 0.3 is 0 Å². The third-order valence-corrected chi connectivity index (χ3v) is 3.66. The van der Waals surface area contributed by atoms with Crippen LogP contribution in [0.5, 0.6) is 0 Å². The largest absolute Gasteiger partial charge is 0.369 e. The maximum Gasteiger partial charge on any atom is 0.144 e. The number of rotatable bonds is 3. The van der Waals surface area contributed by atoms with Crippen LogP contribution in [0.1, 0.15) is 37.1 Å². The molecule has 3 N–H and O–H groups in total. The second-order valence-corrected chi connectivity index (χ2v) is 5.09. The first kappa shape index (κ1) is 12.3. The SMILES string of the molecule is Cc1ncc(NCC2CCC(N)CC2)nc1C. The fourth-order valence-electron chi connectivity index (χ4n) is 2.27. The van der Waals surface area contributed by atoms with Crippen molar-refractivity contribution in [3.63, 3.8) is 0 Å². The Hall–Kier alpha value is -1.16. The molecule has 0 amide bonds. The van der Waals surface area contributed by atoms with E-state index in [4.69, 9.17) is 5.73 Å². The summed E-state index contributed by atoms with van der Waals surface area (Å²) in [4.78, 5) is 8.78. The van der Waals surface area contributed by atoms with Crippen LogP contribution in [-0.2, 0) is 0 Å². The van der Waals surface area contributed by atoms with Crippen molar-refractivity contribution in [1.29, 1.82) is 0 Å². The number of nitrogens with zero attached hydrogens (tertiary/aromatic N) is 2. The molecule has 1 aliphatic rings. The third kappa shape index (κ3) is 3.40. The van der Waals surface area contributed by atoms with E-state index in [0.29, 0.717) is 6.04 Å². The van der Waals surface area contributed by atoms with E-state index in [1.807, 2.05) is 20.0 Å². The second-order valence-electron chi connectivity index (χ2n) is 5.09. The summed E-state index contributed by atoms with van der Waals surface area (Å²) in [6, 6.07) is 0.424. The van der Waals surface area contributed by atoms with Crippen LogP contribution in [0, 0.1) is 19.8 Å². The van der Waals surface area contributed by atoms with E-state index in [9.17, 15) is 0 Å². The van der Waals surface area contributed by atoms with Crippen LogP contribution in [0.15, 0.2) is 6.20 Å². The third-order valence-electron chi connectivity index (χ3n) is 3.66. The summed E-state index contributed by atoms with van der Waals surface area (Å²) in [5.41, 5.74) is 7.90. The minimum Gasteiger partial charge on any atom is -0.369 e. The van der Waals surface area contributed by atoms with Gasteiger partial charge in [-0.3, -0.25) is 4.98 Å². The van der Waals surface area contributed by atoms with Gasteiger partial charge < -0.3 is 11.1 Å². The molecule has 1 fully saturated rings. The second kappa shape index (κ2) is 5.45. The van der Waals surface area contributed by atoms with E-state index in [-0.39, 0.29) is 0 Å². The van der Waals surface area contributed by atoms with Crippen molar-refractivity contribution in [2.24, 2.45) is 11.7 Å². The Balaban J connectivity index is 1.83. The van der Waals surface area contributed by atoms with Gasteiger partial charge in [-0.1, -0.05) is 0 Å². The van der Waals surface area contributed by atoms with Crippen LogP contribution < -0.4 is 11.1 Å². The van der Waals surface area contributed by atoms with E-state index in [0.717, 1.165) is 42.5 Å². The predicted octanol–water partition coefficient (Wildman–Crippen LogP) is 2.02. The van der Waals surface area contributed by atoms with E-state index < -0.39 is 0 Å². The Morgan fingerprint density at radius 2 is 1.94 bits per heavy atom. The summed E-state index contributed by atoms with van der Waals surface area (Å²) in [5, 5.41) is 3.38. The molecule has 0 radical (unpaired) electrons. The van der Waals surface area contributed by atoms with Gasteiger partial charge in [-0.15, -0.1) is 0 Å². The summed E-state index contributed by atoms with van der Waals surface area (Å²) in [5.74, 6) is 1.63. The highest BCUT2D eigenvalue weighted by Gasteiger charge is 2.18. The van der Waals surface area contributed by atoms with Crippen LogP contribution in [0.4, 0.5) is 5.82 Å². The highest BCUT2D eigenvalue weighted by atomic mass is 15.0. The van der Waals surface area contributed by atoms with Gasteiger partial charge in [0.05, 0.1) is 17.6 Å². The number of nitrogens with one attached hydrogen (secondary N) is 1. The number of hydrogen-bond acceptors (Lipinski definition) is 4. The molecule has 0 aromatic carbocycles. The van der Waals surface area contributed by atoms with E-state index in [1.54, 1.807) is 0 Å². The highest BCUT2D eigenvalue weighted by molar-refractivity contribution is 5.33. The quantitative estimate of drug-likeness (QED) is 0.840. The minimum atomic E-state index is 0.424. The zero-order chi connectivity index (χ0) is 12.3. The lowest BCUT2D eigenvalue weighted by atomic mass is 9.86. The summed E-state index contributed by atoms with van der Waals surface area (Å²) < 4.78 is 0. The van der Waals surface area contributed by atoms with Gasteiger partial charge in [-0.2, -0.15) is 0 Å². The van der Waals surface area contributed by atoms with Gasteiger partial charge in [0.2, 0.25) is 0 Å². The topological polar surface area (TPSA) is 63.8 Å². The molecule has 0 spiro atoms. The van der Waals surface area contributed by atoms with Crippen LogP contribution in [0.25, 0.3) is 0 Å². The lowest BCUT2D eigenvalue weighted by molar-refractivity contribution is 0.338. The molecule has 1 heterocycles. The van der Waals surface area contributed by atoms with E-state index in [1.165, 1.54) is 12.8 Å². The molecule has 0 bridgehead atoms. The van der Waals surface area contributed by atoms with Gasteiger partial charge in [-0.25, -0.2) is 4.98 Å². The van der Waals surface area contributed by atoms with Gasteiger partial charge in [0.1, 0.15) is 5.82 Å². The highest BCUT2D eigenvalue weighted by Crippen LogP contribution is 2.23. The normalized spacial score (nSPS) is 24.6. The molecular weight excluding hydrogens is 212 g/mol. The van der Waals surface area contributed by atoms with Crippen molar-refractivity contribution in [3.05, 3.63) is 17.6 Å². The lowest BCUT2D eigenvalue weighted by Gasteiger charge is -2.26. The van der Waals surface area contributed by atoms with Gasteiger partial charge in [-0.05, 0) is 45.4 Å². The Kier molecular flexibility index (Phi) is 3.94. The van der Waals surface area contributed by atoms with Gasteiger partial charge in [0.25, 0.3) is 0 Å². The maximum absolute atomic E-state index is 5.90. The van der Waals surface area contributed by atoms with Crippen molar-refractivity contribution < 1.29 is 0 Å². The van der Waals surface area contributed by atoms with Crippen molar-refractivity contribution in [1.82, 2.24) is 9.97 Å². The van der Waals surface area contributed by atoms with Crippen molar-refractivity contribution in [2.45, 2.75) is 45.6 Å². The monoisotopic (exact) mass is 234 g/mol. The average Bonchev–Trinajstić information content (AvgIpc) is 2.33. The van der Waals surface area contributed by atoms with Crippen LogP contribution >= 0.6 is 0 Å². The molecule has 17 heavy (non-hydrogen) atoms. The fraction of sp³-hybridized carbons (Fsp3) is 0.692. The minimum absolute atomic E-state index is 0.424. The first-order valence-electron chi connectivity index (χ1n) is 6.45. The number of aryl methyl sites for hydroxylation is 2. The Morgan fingerprint density at radius 3 is 2.59 bits per heavy atom. The summed E-state index contributed by atoms with van der Waals surface area (Å²) in [6.45, 7) is 4.96. The summed E-state index contributed by atoms with van der Waals surface area (Å²) in [6.07, 6.45) is 6.59. The molecule has 94 valence electrons. The van der Waals surface area contributed by atoms with Crippen molar-refractivity contribution in [3.8, 4) is 0 Å². The Labute approximate surface area is 103 Å². The number of hydrogen-bond donors (Lipinski definition) is 2. The Morgan fingerprint density at radius 1 is 1.24 bits per heavy atom. The zero-order valence-electron chi connectivity index (χ0n) is 10.7. The van der Waals surface area contributed by atoms with Crippen molar-refractivity contribution in [2.75, 3.05) is 11.9 Å². The summed E-state index contributed by atoms with van der Waals surface area (Å²) in [7, 11) is 0. The molecule has 0 unspecified atom stereocenters. The molecule has 1 aliphatic carbocycles. The van der Waals surface area contributed by atoms with Gasteiger partial charge in [0.15, 0.2) is 0 Å². The molecule has 4 nitrogen and oxygen atoms in total. The van der Waals surface area contributed by atoms with E-state index in [2.05, 4.69) is 15.3 Å². The zero-order valence-corrected chi connectivity index (χ0v) is 10.7.